The highest BCUT2D eigenvalue weighted by molar-refractivity contribution is 7.89. The Hall–Kier alpha value is -2.64. The minimum Gasteiger partial charge on any atom is -0.368 e. The van der Waals surface area contributed by atoms with Gasteiger partial charge in [-0.15, -0.1) is 0 Å². The summed E-state index contributed by atoms with van der Waals surface area (Å²) in [6.45, 7) is 4.54. The summed E-state index contributed by atoms with van der Waals surface area (Å²) in [6, 6.07) is 15.9. The van der Waals surface area contributed by atoms with E-state index in [-0.39, 0.29) is 29.5 Å². The van der Waals surface area contributed by atoms with Crippen molar-refractivity contribution < 1.29 is 13.2 Å². The topological polar surface area (TPSA) is 88.0 Å². The molecule has 1 amide bonds. The van der Waals surface area contributed by atoms with E-state index in [1.807, 2.05) is 30.3 Å². The smallest absolute Gasteiger partial charge is 0.244 e. The Morgan fingerprint density at radius 2 is 1.55 bits per heavy atom. The predicted molar refractivity (Wildman–Crippen MR) is 127 cm³/mol. The summed E-state index contributed by atoms with van der Waals surface area (Å²) >= 11 is 6.30. The Labute approximate surface area is 199 Å². The molecule has 0 radical (unpaired) electrons. The number of benzene rings is 2. The molecule has 0 saturated carbocycles. The van der Waals surface area contributed by atoms with Gasteiger partial charge in [-0.25, -0.2) is 8.42 Å². The van der Waals surface area contributed by atoms with Gasteiger partial charge in [-0.05, 0) is 24.3 Å². The Morgan fingerprint density at radius 3 is 2.21 bits per heavy atom. The number of carbonyl (C=O) groups excluding carboxylic acids is 1. The van der Waals surface area contributed by atoms with Crippen LogP contribution in [0.25, 0.3) is 0 Å². The van der Waals surface area contributed by atoms with Crippen LogP contribution in [-0.2, 0) is 14.8 Å². The molecule has 2 aliphatic heterocycles. The quantitative estimate of drug-likeness (QED) is 0.639. The van der Waals surface area contributed by atoms with Crippen LogP contribution >= 0.6 is 11.6 Å². The number of sulfonamides is 1. The Balaban J connectivity index is 1.29. The number of para-hydroxylation sites is 1. The zero-order valence-corrected chi connectivity index (χ0v) is 19.8. The first-order chi connectivity index (χ1) is 15.9. The molecule has 0 aliphatic carbocycles. The number of amides is 1. The average Bonchev–Trinajstić information content (AvgIpc) is 2.85. The summed E-state index contributed by atoms with van der Waals surface area (Å²) in [5.41, 5.74) is 1.15. The van der Waals surface area contributed by atoms with Crippen LogP contribution in [0.4, 0.5) is 5.69 Å². The second-order valence-electron chi connectivity index (χ2n) is 8.11. The van der Waals surface area contributed by atoms with Crippen LogP contribution in [0.1, 0.15) is 5.56 Å². The van der Waals surface area contributed by atoms with E-state index in [0.717, 1.165) is 36.9 Å². The molecular formula is C23H26ClN5O3S. The van der Waals surface area contributed by atoms with Crippen molar-refractivity contribution in [2.75, 3.05) is 63.8 Å². The van der Waals surface area contributed by atoms with Gasteiger partial charge in [-0.3, -0.25) is 9.69 Å². The number of nitriles is 1. The standard InChI is InChI=1S/C23H26ClN5O3S/c24-20-6-2-3-7-21(20)27-11-9-26(10-12-27)18-23(30)28-13-15-29(16-14-28)33(31,32)22-8-4-1-5-19(22)17-25/h1-8H,9-16,18H2. The number of anilines is 1. The van der Waals surface area contributed by atoms with Crippen molar-refractivity contribution in [1.29, 1.82) is 5.26 Å². The van der Waals surface area contributed by atoms with Crippen molar-refractivity contribution in [3.63, 3.8) is 0 Å². The molecule has 0 bridgehead atoms. The Morgan fingerprint density at radius 1 is 0.909 bits per heavy atom. The average molecular weight is 488 g/mol. The SMILES string of the molecule is N#Cc1ccccc1S(=O)(=O)N1CCN(C(=O)CN2CCN(c3ccccc3Cl)CC2)CC1. The minimum atomic E-state index is -3.77. The molecular weight excluding hydrogens is 462 g/mol. The van der Waals surface area contributed by atoms with E-state index in [9.17, 15) is 18.5 Å². The van der Waals surface area contributed by atoms with Crippen LogP contribution in [0.2, 0.25) is 5.02 Å². The largest absolute Gasteiger partial charge is 0.368 e. The molecule has 2 saturated heterocycles. The van der Waals surface area contributed by atoms with E-state index >= 15 is 0 Å². The van der Waals surface area contributed by atoms with Gasteiger partial charge in [0.05, 0.1) is 27.7 Å². The molecule has 10 heteroatoms. The van der Waals surface area contributed by atoms with Crippen LogP contribution in [0.15, 0.2) is 53.4 Å². The molecule has 33 heavy (non-hydrogen) atoms. The molecule has 0 N–H and O–H groups in total. The van der Waals surface area contributed by atoms with Gasteiger partial charge in [0.1, 0.15) is 6.07 Å². The van der Waals surface area contributed by atoms with Crippen molar-refractivity contribution >= 4 is 33.2 Å². The zero-order valence-electron chi connectivity index (χ0n) is 18.2. The van der Waals surface area contributed by atoms with Crippen molar-refractivity contribution in [2.45, 2.75) is 4.90 Å². The van der Waals surface area contributed by atoms with E-state index in [2.05, 4.69) is 9.80 Å². The number of hydrogen-bond donors (Lipinski definition) is 0. The second kappa shape index (κ2) is 10.1. The summed E-state index contributed by atoms with van der Waals surface area (Å²) in [7, 11) is -3.77. The first-order valence-electron chi connectivity index (χ1n) is 10.9. The molecule has 2 fully saturated rings. The number of hydrogen-bond acceptors (Lipinski definition) is 6. The van der Waals surface area contributed by atoms with Crippen molar-refractivity contribution in [3.05, 3.63) is 59.1 Å². The number of carbonyl (C=O) groups is 1. The van der Waals surface area contributed by atoms with E-state index in [1.165, 1.54) is 16.4 Å². The first kappa shape index (κ1) is 23.5. The van der Waals surface area contributed by atoms with Gasteiger partial charge >= 0.3 is 0 Å². The maximum absolute atomic E-state index is 13.0. The van der Waals surface area contributed by atoms with Crippen molar-refractivity contribution in [1.82, 2.24) is 14.1 Å². The molecule has 4 rings (SSSR count). The lowest BCUT2D eigenvalue weighted by molar-refractivity contribution is -0.133. The summed E-state index contributed by atoms with van der Waals surface area (Å²) in [5, 5.41) is 9.97. The summed E-state index contributed by atoms with van der Waals surface area (Å²) in [5.74, 6) is 0.00988. The predicted octanol–water partition coefficient (Wildman–Crippen LogP) is 1.87. The molecule has 8 nitrogen and oxygen atoms in total. The molecule has 0 aromatic heterocycles. The molecule has 0 unspecified atom stereocenters. The second-order valence-corrected chi connectivity index (χ2v) is 10.4. The third kappa shape index (κ3) is 5.14. The summed E-state index contributed by atoms with van der Waals surface area (Å²) in [4.78, 5) is 18.9. The van der Waals surface area contributed by atoms with Crippen LogP contribution in [0, 0.1) is 11.3 Å². The van der Waals surface area contributed by atoms with E-state index in [1.54, 1.807) is 17.0 Å². The number of piperazine rings is 2. The fourth-order valence-electron chi connectivity index (χ4n) is 4.25. The molecule has 0 atom stereocenters. The maximum atomic E-state index is 13.0. The van der Waals surface area contributed by atoms with Gasteiger partial charge in [0.25, 0.3) is 0 Å². The first-order valence-corrected chi connectivity index (χ1v) is 12.7. The van der Waals surface area contributed by atoms with Gasteiger partial charge in [0, 0.05) is 52.4 Å². The zero-order chi connectivity index (χ0) is 23.4. The molecule has 2 aromatic carbocycles. The van der Waals surface area contributed by atoms with Gasteiger partial charge in [-0.1, -0.05) is 35.9 Å². The van der Waals surface area contributed by atoms with E-state index in [4.69, 9.17) is 11.6 Å². The monoisotopic (exact) mass is 487 g/mol. The van der Waals surface area contributed by atoms with Crippen molar-refractivity contribution in [3.8, 4) is 6.07 Å². The fourth-order valence-corrected chi connectivity index (χ4v) is 6.07. The number of rotatable bonds is 5. The van der Waals surface area contributed by atoms with Gasteiger partial charge in [0.2, 0.25) is 15.9 Å². The van der Waals surface area contributed by atoms with Crippen LogP contribution in [0.5, 0.6) is 0 Å². The highest BCUT2D eigenvalue weighted by atomic mass is 35.5. The fraction of sp³-hybridized carbons (Fsp3) is 0.391. The third-order valence-corrected chi connectivity index (χ3v) is 8.42. The lowest BCUT2D eigenvalue weighted by Gasteiger charge is -2.38. The van der Waals surface area contributed by atoms with Gasteiger partial charge < -0.3 is 9.80 Å². The van der Waals surface area contributed by atoms with Gasteiger partial charge in [0.15, 0.2) is 0 Å². The summed E-state index contributed by atoms with van der Waals surface area (Å²) < 4.78 is 27.3. The van der Waals surface area contributed by atoms with E-state index in [0.29, 0.717) is 19.6 Å². The maximum Gasteiger partial charge on any atom is 0.244 e. The number of nitrogens with zero attached hydrogens (tertiary/aromatic N) is 5. The highest BCUT2D eigenvalue weighted by Crippen LogP contribution is 2.26. The minimum absolute atomic E-state index is 0.00988. The molecule has 174 valence electrons. The van der Waals surface area contributed by atoms with Crippen LogP contribution in [-0.4, -0.2) is 87.3 Å². The Kier molecular flexibility index (Phi) is 7.20. The highest BCUT2D eigenvalue weighted by Gasteiger charge is 2.32. The molecule has 2 heterocycles. The van der Waals surface area contributed by atoms with Gasteiger partial charge in [-0.2, -0.15) is 9.57 Å². The number of halogens is 1. The van der Waals surface area contributed by atoms with Crippen LogP contribution < -0.4 is 4.90 Å². The molecule has 0 spiro atoms. The van der Waals surface area contributed by atoms with Crippen LogP contribution in [0.3, 0.4) is 0 Å². The molecule has 2 aliphatic rings. The summed E-state index contributed by atoms with van der Waals surface area (Å²) in [6.07, 6.45) is 0. The normalized spacial score (nSPS) is 18.2. The lowest BCUT2D eigenvalue weighted by Crippen LogP contribution is -2.54. The van der Waals surface area contributed by atoms with E-state index < -0.39 is 10.0 Å². The third-order valence-electron chi connectivity index (χ3n) is 6.14. The molecule has 2 aromatic rings. The van der Waals surface area contributed by atoms with Crippen molar-refractivity contribution in [2.24, 2.45) is 0 Å². The Bertz CT molecular complexity index is 1150. The lowest BCUT2D eigenvalue weighted by atomic mass is 10.2.